The summed E-state index contributed by atoms with van der Waals surface area (Å²) in [5.74, 6) is -0.728. The summed E-state index contributed by atoms with van der Waals surface area (Å²) in [6.45, 7) is 2.80. The lowest BCUT2D eigenvalue weighted by Gasteiger charge is -2.38. The van der Waals surface area contributed by atoms with Gasteiger partial charge in [-0.05, 0) is 38.6 Å². The van der Waals surface area contributed by atoms with E-state index < -0.39 is 11.5 Å². The number of aryl methyl sites for hydroxylation is 1. The fraction of sp³-hybridized carbons (Fsp3) is 0.769. The summed E-state index contributed by atoms with van der Waals surface area (Å²) in [4.78, 5) is 11.7. The van der Waals surface area contributed by atoms with Gasteiger partial charge in [0.15, 0.2) is 5.16 Å². The molecule has 0 aromatic carbocycles. The maximum Gasteiger partial charge on any atom is 0.323 e. The van der Waals surface area contributed by atoms with Crippen molar-refractivity contribution in [2.24, 2.45) is 7.05 Å². The lowest BCUT2D eigenvalue weighted by Crippen LogP contribution is -2.55. The smallest absolute Gasteiger partial charge is 0.323 e. The average Bonchev–Trinajstić information content (AvgIpc) is 2.82. The minimum Gasteiger partial charge on any atom is -0.480 e. The second-order valence-electron chi connectivity index (χ2n) is 5.37. The monoisotopic (exact) mass is 298 g/mol. The van der Waals surface area contributed by atoms with Gasteiger partial charge in [-0.3, -0.25) is 4.79 Å². The molecule has 0 amide bonds. The Morgan fingerprint density at radius 1 is 1.70 bits per heavy atom. The summed E-state index contributed by atoms with van der Waals surface area (Å²) in [6, 6.07) is 0. The fourth-order valence-corrected chi connectivity index (χ4v) is 3.91. The highest BCUT2D eigenvalue weighted by atomic mass is 32.2. The molecule has 2 unspecified atom stereocenters. The van der Waals surface area contributed by atoms with E-state index in [1.807, 2.05) is 11.6 Å². The van der Waals surface area contributed by atoms with Crippen LogP contribution in [0.5, 0.6) is 0 Å². The van der Waals surface area contributed by atoms with Gasteiger partial charge in [0.2, 0.25) is 0 Å². The van der Waals surface area contributed by atoms with Crippen molar-refractivity contribution < 1.29 is 9.90 Å². The minimum absolute atomic E-state index is 0.270. The molecule has 1 aromatic heterocycles. The Bertz CT molecular complexity index is 465. The van der Waals surface area contributed by atoms with Crippen molar-refractivity contribution in [1.82, 2.24) is 20.1 Å². The van der Waals surface area contributed by atoms with Gasteiger partial charge in [0.05, 0.1) is 0 Å². The lowest BCUT2D eigenvalue weighted by molar-refractivity contribution is -0.146. The van der Waals surface area contributed by atoms with Crippen molar-refractivity contribution in [1.29, 1.82) is 0 Å². The molecule has 1 aliphatic carbocycles. The Kier molecular flexibility index (Phi) is 5.04. The number of rotatable bonds is 6. The van der Waals surface area contributed by atoms with Crippen LogP contribution in [-0.4, -0.2) is 43.2 Å². The van der Waals surface area contributed by atoms with Crippen LogP contribution in [0.4, 0.5) is 0 Å². The van der Waals surface area contributed by atoms with Crippen LogP contribution in [0.15, 0.2) is 11.5 Å². The van der Waals surface area contributed by atoms with Gasteiger partial charge in [0, 0.05) is 12.3 Å². The molecule has 2 rings (SSSR count). The number of carboxylic acids is 1. The van der Waals surface area contributed by atoms with Crippen LogP contribution in [0.25, 0.3) is 0 Å². The van der Waals surface area contributed by atoms with Crippen LogP contribution in [0.2, 0.25) is 0 Å². The maximum absolute atomic E-state index is 11.7. The van der Waals surface area contributed by atoms with Crippen molar-refractivity contribution in [2.75, 3.05) is 6.54 Å². The topological polar surface area (TPSA) is 80.0 Å². The summed E-state index contributed by atoms with van der Waals surface area (Å²) in [6.07, 6.45) is 5.91. The molecule has 0 bridgehead atoms. The first-order chi connectivity index (χ1) is 9.57. The third-order valence-electron chi connectivity index (χ3n) is 3.77. The van der Waals surface area contributed by atoms with Crippen molar-refractivity contribution >= 4 is 17.7 Å². The van der Waals surface area contributed by atoms with E-state index >= 15 is 0 Å². The Hall–Kier alpha value is -1.08. The van der Waals surface area contributed by atoms with E-state index in [0.717, 1.165) is 31.0 Å². The molecule has 0 radical (unpaired) electrons. The van der Waals surface area contributed by atoms with E-state index in [4.69, 9.17) is 0 Å². The largest absolute Gasteiger partial charge is 0.480 e. The van der Waals surface area contributed by atoms with Gasteiger partial charge >= 0.3 is 5.97 Å². The second-order valence-corrected chi connectivity index (χ2v) is 6.64. The summed E-state index contributed by atoms with van der Waals surface area (Å²) >= 11 is 1.64. The number of aliphatic carboxylic acids is 1. The molecule has 0 spiro atoms. The highest BCUT2D eigenvalue weighted by Gasteiger charge is 2.42. The van der Waals surface area contributed by atoms with E-state index in [-0.39, 0.29) is 5.25 Å². The third-order valence-corrected chi connectivity index (χ3v) is 5.09. The molecule has 0 saturated heterocycles. The average molecular weight is 298 g/mol. The zero-order valence-electron chi connectivity index (χ0n) is 12.0. The minimum atomic E-state index is -0.773. The van der Waals surface area contributed by atoms with Gasteiger partial charge in [0.1, 0.15) is 11.9 Å². The molecule has 20 heavy (non-hydrogen) atoms. The SMILES string of the molecule is CCCNC1(C(=O)O)CCCC(Sc2nncn2C)C1. The first-order valence-electron chi connectivity index (χ1n) is 7.06. The molecule has 0 aliphatic heterocycles. The van der Waals surface area contributed by atoms with Gasteiger partial charge in [-0.2, -0.15) is 0 Å². The molecule has 7 heteroatoms. The van der Waals surface area contributed by atoms with Gasteiger partial charge in [-0.1, -0.05) is 18.7 Å². The molecule has 1 saturated carbocycles. The van der Waals surface area contributed by atoms with E-state index in [9.17, 15) is 9.90 Å². The number of thioether (sulfide) groups is 1. The van der Waals surface area contributed by atoms with Gasteiger partial charge in [-0.15, -0.1) is 10.2 Å². The Morgan fingerprint density at radius 2 is 2.50 bits per heavy atom. The highest BCUT2D eigenvalue weighted by Crippen LogP contribution is 2.37. The van der Waals surface area contributed by atoms with Crippen LogP contribution in [0.1, 0.15) is 39.0 Å². The Balaban J connectivity index is 2.05. The van der Waals surface area contributed by atoms with Gasteiger partial charge in [0.25, 0.3) is 0 Å². The molecule has 1 heterocycles. The van der Waals surface area contributed by atoms with Crippen molar-refractivity contribution in [2.45, 2.75) is 55.0 Å². The normalized spacial score (nSPS) is 26.6. The first-order valence-corrected chi connectivity index (χ1v) is 7.94. The molecule has 1 fully saturated rings. The number of nitrogens with zero attached hydrogens (tertiary/aromatic N) is 3. The van der Waals surface area contributed by atoms with Crippen LogP contribution in [0.3, 0.4) is 0 Å². The molecule has 6 nitrogen and oxygen atoms in total. The molecular formula is C13H22N4O2S. The predicted molar refractivity (Wildman–Crippen MR) is 77.8 cm³/mol. The molecule has 2 N–H and O–H groups in total. The van der Waals surface area contributed by atoms with Crippen molar-refractivity contribution in [3.05, 3.63) is 6.33 Å². The van der Waals surface area contributed by atoms with Crippen LogP contribution < -0.4 is 5.32 Å². The molecule has 1 aromatic rings. The van der Waals surface area contributed by atoms with Crippen LogP contribution >= 0.6 is 11.8 Å². The van der Waals surface area contributed by atoms with Crippen molar-refractivity contribution in [3.8, 4) is 0 Å². The van der Waals surface area contributed by atoms with Crippen LogP contribution in [-0.2, 0) is 11.8 Å². The standard InChI is InChI=1S/C13H22N4O2S/c1-3-7-14-13(11(18)19)6-4-5-10(8-13)20-12-16-15-9-17(12)2/h9-10,14H,3-8H2,1-2H3,(H,18,19). The molecule has 1 aliphatic rings. The zero-order valence-corrected chi connectivity index (χ0v) is 12.8. The highest BCUT2D eigenvalue weighted by molar-refractivity contribution is 7.99. The van der Waals surface area contributed by atoms with E-state index in [1.54, 1.807) is 18.1 Å². The first kappa shape index (κ1) is 15.3. The van der Waals surface area contributed by atoms with Crippen molar-refractivity contribution in [3.63, 3.8) is 0 Å². The number of hydrogen-bond donors (Lipinski definition) is 2. The maximum atomic E-state index is 11.7. The molecular weight excluding hydrogens is 276 g/mol. The summed E-state index contributed by atoms with van der Waals surface area (Å²) in [5.41, 5.74) is -0.773. The summed E-state index contributed by atoms with van der Waals surface area (Å²) < 4.78 is 1.88. The summed E-state index contributed by atoms with van der Waals surface area (Å²) in [5, 5.41) is 21.9. The van der Waals surface area contributed by atoms with Gasteiger partial charge < -0.3 is 15.0 Å². The van der Waals surface area contributed by atoms with E-state index in [2.05, 4.69) is 22.4 Å². The van der Waals surface area contributed by atoms with Crippen LogP contribution in [0, 0.1) is 0 Å². The zero-order chi connectivity index (χ0) is 14.6. The third kappa shape index (κ3) is 3.32. The molecule has 2 atom stereocenters. The lowest BCUT2D eigenvalue weighted by atomic mass is 9.81. The Labute approximate surface area is 123 Å². The number of aromatic nitrogens is 3. The number of hydrogen-bond acceptors (Lipinski definition) is 5. The number of carbonyl (C=O) groups is 1. The second kappa shape index (κ2) is 6.58. The molecule has 112 valence electrons. The van der Waals surface area contributed by atoms with Gasteiger partial charge in [-0.25, -0.2) is 0 Å². The predicted octanol–water partition coefficient (Wildman–Crippen LogP) is 1.67. The van der Waals surface area contributed by atoms with E-state index in [0.29, 0.717) is 12.8 Å². The number of nitrogens with one attached hydrogen (secondary N) is 1. The fourth-order valence-electron chi connectivity index (χ4n) is 2.65. The quantitative estimate of drug-likeness (QED) is 0.831. The summed E-state index contributed by atoms with van der Waals surface area (Å²) in [7, 11) is 1.91. The van der Waals surface area contributed by atoms with E-state index in [1.165, 1.54) is 0 Å². The Morgan fingerprint density at radius 3 is 3.10 bits per heavy atom. The number of carboxylic acid groups (broad SMARTS) is 1.